The molecular weight excluding hydrogens is 386 g/mol. The van der Waals surface area contributed by atoms with Gasteiger partial charge in [-0.05, 0) is 24.3 Å². The lowest BCUT2D eigenvalue weighted by atomic mass is 10.2. The van der Waals surface area contributed by atoms with Crippen LogP contribution in [0.1, 0.15) is 0 Å². The van der Waals surface area contributed by atoms with E-state index < -0.39 is 5.56 Å². The molecule has 0 saturated carbocycles. The molecule has 0 unspecified atom stereocenters. The molecule has 0 aliphatic heterocycles. The van der Waals surface area contributed by atoms with Crippen LogP contribution >= 0.6 is 0 Å². The molecule has 2 aromatic heterocycles. The summed E-state index contributed by atoms with van der Waals surface area (Å²) < 4.78 is 12.2. The van der Waals surface area contributed by atoms with Gasteiger partial charge in [-0.3, -0.25) is 4.79 Å². The second-order valence-electron chi connectivity index (χ2n) is 6.24. The molecule has 0 saturated heterocycles. The van der Waals surface area contributed by atoms with Crippen LogP contribution in [0.3, 0.4) is 0 Å². The van der Waals surface area contributed by atoms with Crippen LogP contribution in [0, 0.1) is 0 Å². The number of anilines is 4. The van der Waals surface area contributed by atoms with Crippen LogP contribution in [0.4, 0.5) is 23.4 Å². The number of rotatable bonds is 5. The highest BCUT2D eigenvalue weighted by Gasteiger charge is 2.20. The Morgan fingerprint density at radius 2 is 1.57 bits per heavy atom. The van der Waals surface area contributed by atoms with Gasteiger partial charge in [0.15, 0.2) is 5.65 Å². The van der Waals surface area contributed by atoms with E-state index in [9.17, 15) is 4.79 Å². The van der Waals surface area contributed by atoms with Gasteiger partial charge in [0.05, 0.1) is 25.6 Å². The number of ether oxygens (including phenoxy) is 2. The van der Waals surface area contributed by atoms with Crippen LogP contribution in [0.25, 0.3) is 16.7 Å². The molecular formula is C20H19N7O3. The summed E-state index contributed by atoms with van der Waals surface area (Å²) in [6.07, 6.45) is 0. The van der Waals surface area contributed by atoms with Gasteiger partial charge in [0.1, 0.15) is 22.7 Å². The Morgan fingerprint density at radius 3 is 2.30 bits per heavy atom. The summed E-state index contributed by atoms with van der Waals surface area (Å²) in [5.74, 6) is 1.09. The predicted molar refractivity (Wildman–Crippen MR) is 115 cm³/mol. The number of methoxy groups -OCH3 is 2. The summed E-state index contributed by atoms with van der Waals surface area (Å²) in [4.78, 5) is 26.0. The van der Waals surface area contributed by atoms with E-state index in [0.717, 1.165) is 0 Å². The number of nitrogens with one attached hydrogen (secondary N) is 1. The van der Waals surface area contributed by atoms with Gasteiger partial charge in [-0.25, -0.2) is 4.57 Å². The van der Waals surface area contributed by atoms with Gasteiger partial charge in [-0.1, -0.05) is 24.3 Å². The molecule has 2 aromatic carbocycles. The number of nitrogens with zero attached hydrogens (tertiary/aromatic N) is 4. The van der Waals surface area contributed by atoms with Gasteiger partial charge in [0.25, 0.3) is 5.56 Å². The third kappa shape index (κ3) is 3.20. The van der Waals surface area contributed by atoms with E-state index >= 15 is 0 Å². The fourth-order valence-corrected chi connectivity index (χ4v) is 3.12. The number of para-hydroxylation sites is 4. The van der Waals surface area contributed by atoms with Crippen LogP contribution in [0.5, 0.6) is 11.5 Å². The van der Waals surface area contributed by atoms with E-state index in [-0.39, 0.29) is 28.7 Å². The molecule has 0 bridgehead atoms. The first-order chi connectivity index (χ1) is 14.5. The molecule has 0 fully saturated rings. The van der Waals surface area contributed by atoms with Gasteiger partial charge in [-0.15, -0.1) is 0 Å². The SMILES string of the molecule is COc1ccccc1Nc1nc2nc(N)nc(N)c2c(=O)n1-c1ccccc1OC. The highest BCUT2D eigenvalue weighted by Crippen LogP contribution is 2.30. The minimum Gasteiger partial charge on any atom is -0.495 e. The van der Waals surface area contributed by atoms with Crippen molar-refractivity contribution in [2.75, 3.05) is 31.0 Å². The van der Waals surface area contributed by atoms with Gasteiger partial charge in [0, 0.05) is 0 Å². The van der Waals surface area contributed by atoms with E-state index in [0.29, 0.717) is 22.9 Å². The Balaban J connectivity index is 2.06. The zero-order valence-electron chi connectivity index (χ0n) is 16.3. The van der Waals surface area contributed by atoms with Crippen LogP contribution in [-0.4, -0.2) is 33.7 Å². The normalized spacial score (nSPS) is 10.7. The number of nitrogens with two attached hydrogens (primary N) is 2. The molecule has 0 spiro atoms. The van der Waals surface area contributed by atoms with Crippen LogP contribution in [0.2, 0.25) is 0 Å². The summed E-state index contributed by atoms with van der Waals surface area (Å²) in [6.45, 7) is 0. The third-order valence-electron chi connectivity index (χ3n) is 4.46. The first-order valence-electron chi connectivity index (χ1n) is 8.92. The quantitative estimate of drug-likeness (QED) is 0.455. The van der Waals surface area contributed by atoms with E-state index in [4.69, 9.17) is 20.9 Å². The molecule has 0 aliphatic carbocycles. The fourth-order valence-electron chi connectivity index (χ4n) is 3.12. The molecule has 4 aromatic rings. The molecule has 10 heteroatoms. The second-order valence-corrected chi connectivity index (χ2v) is 6.24. The third-order valence-corrected chi connectivity index (χ3v) is 4.46. The minimum atomic E-state index is -0.473. The van der Waals surface area contributed by atoms with Crippen LogP contribution in [0.15, 0.2) is 53.3 Å². The van der Waals surface area contributed by atoms with Crippen LogP contribution < -0.4 is 31.8 Å². The van der Waals surface area contributed by atoms with Crippen molar-refractivity contribution in [3.63, 3.8) is 0 Å². The van der Waals surface area contributed by atoms with E-state index in [1.54, 1.807) is 43.5 Å². The maximum Gasteiger partial charge on any atom is 0.272 e. The monoisotopic (exact) mass is 405 g/mol. The minimum absolute atomic E-state index is 0.0533. The number of aromatic nitrogens is 4. The summed E-state index contributed by atoms with van der Waals surface area (Å²) in [5, 5.41) is 3.20. The van der Waals surface area contributed by atoms with Gasteiger partial charge in [0.2, 0.25) is 11.9 Å². The molecule has 0 aliphatic rings. The molecule has 0 amide bonds. The summed E-state index contributed by atoms with van der Waals surface area (Å²) >= 11 is 0. The Bertz CT molecular complexity index is 1300. The zero-order valence-corrected chi connectivity index (χ0v) is 16.3. The molecule has 0 atom stereocenters. The topological polar surface area (TPSA) is 143 Å². The number of nitrogen functional groups attached to an aromatic ring is 2. The Hall–Kier alpha value is -4.34. The Labute approximate surface area is 171 Å². The van der Waals surface area contributed by atoms with Crippen molar-refractivity contribution in [3.05, 3.63) is 58.9 Å². The fraction of sp³-hybridized carbons (Fsp3) is 0.100. The molecule has 10 nitrogen and oxygen atoms in total. The van der Waals surface area contributed by atoms with Crippen molar-refractivity contribution >= 4 is 34.4 Å². The first kappa shape index (κ1) is 19.0. The maximum absolute atomic E-state index is 13.5. The number of hydrogen-bond acceptors (Lipinski definition) is 9. The molecule has 2 heterocycles. The largest absolute Gasteiger partial charge is 0.495 e. The number of benzene rings is 2. The predicted octanol–water partition coefficient (Wildman–Crippen LogP) is 2.10. The molecule has 30 heavy (non-hydrogen) atoms. The van der Waals surface area contributed by atoms with Gasteiger partial charge in [-0.2, -0.15) is 15.0 Å². The lowest BCUT2D eigenvalue weighted by Crippen LogP contribution is -2.25. The number of fused-ring (bicyclic) bond motifs is 1. The van der Waals surface area contributed by atoms with Crippen molar-refractivity contribution < 1.29 is 9.47 Å². The van der Waals surface area contributed by atoms with Gasteiger partial charge < -0.3 is 26.3 Å². The standard InChI is InChI=1S/C20H19N7O3/c1-29-13-9-5-3-7-11(13)23-20-26-17-15(16(21)24-19(22)25-17)18(28)27(20)12-8-4-6-10-14(12)30-2/h3-10H,1-2H3,(H5,21,22,23,24,25,26). The molecule has 152 valence electrons. The molecule has 5 N–H and O–H groups in total. The van der Waals surface area contributed by atoms with E-state index in [1.807, 2.05) is 12.1 Å². The van der Waals surface area contributed by atoms with Crippen LogP contribution in [-0.2, 0) is 0 Å². The average Bonchev–Trinajstić information content (AvgIpc) is 2.73. The highest BCUT2D eigenvalue weighted by molar-refractivity contribution is 5.87. The lowest BCUT2D eigenvalue weighted by molar-refractivity contribution is 0.412. The average molecular weight is 405 g/mol. The van der Waals surface area contributed by atoms with Crippen molar-refractivity contribution in [1.29, 1.82) is 0 Å². The molecule has 0 radical (unpaired) electrons. The smallest absolute Gasteiger partial charge is 0.272 e. The van der Waals surface area contributed by atoms with Gasteiger partial charge >= 0.3 is 0 Å². The first-order valence-corrected chi connectivity index (χ1v) is 8.92. The Kier molecular flexibility index (Phi) is 4.80. The maximum atomic E-state index is 13.5. The Morgan fingerprint density at radius 1 is 0.900 bits per heavy atom. The van der Waals surface area contributed by atoms with E-state index in [2.05, 4.69) is 20.3 Å². The summed E-state index contributed by atoms with van der Waals surface area (Å²) in [6, 6.07) is 14.3. The lowest BCUT2D eigenvalue weighted by Gasteiger charge is -2.18. The second kappa shape index (κ2) is 7.59. The van der Waals surface area contributed by atoms with Crippen molar-refractivity contribution in [2.24, 2.45) is 0 Å². The van der Waals surface area contributed by atoms with Crippen molar-refractivity contribution in [2.45, 2.75) is 0 Å². The summed E-state index contributed by atoms with van der Waals surface area (Å²) in [7, 11) is 3.07. The van der Waals surface area contributed by atoms with Crippen molar-refractivity contribution in [1.82, 2.24) is 19.5 Å². The highest BCUT2D eigenvalue weighted by atomic mass is 16.5. The molecule has 4 rings (SSSR count). The zero-order chi connectivity index (χ0) is 21.3. The van der Waals surface area contributed by atoms with E-state index in [1.165, 1.54) is 11.7 Å². The summed E-state index contributed by atoms with van der Waals surface area (Å²) in [5.41, 5.74) is 12.3. The number of hydrogen-bond donors (Lipinski definition) is 3. The van der Waals surface area contributed by atoms with Crippen molar-refractivity contribution in [3.8, 4) is 17.2 Å².